The molecule has 1 saturated carbocycles. The molecule has 0 spiro atoms. The summed E-state index contributed by atoms with van der Waals surface area (Å²) in [6.45, 7) is 0. The van der Waals surface area contributed by atoms with Crippen molar-refractivity contribution < 1.29 is 5.11 Å². The second kappa shape index (κ2) is 3.93. The van der Waals surface area contributed by atoms with Crippen LogP contribution < -0.4 is 0 Å². The second-order valence-electron chi connectivity index (χ2n) is 5.35. The van der Waals surface area contributed by atoms with Crippen LogP contribution in [0, 0.1) is 5.92 Å². The minimum Gasteiger partial charge on any atom is -0.393 e. The Kier molecular flexibility index (Phi) is 2.35. The molecule has 1 fully saturated rings. The van der Waals surface area contributed by atoms with Gasteiger partial charge in [-0.25, -0.2) is 4.98 Å². The van der Waals surface area contributed by atoms with Gasteiger partial charge < -0.3 is 9.67 Å². The number of hydrogen-bond acceptors (Lipinski definition) is 3. The molecule has 3 nitrogen and oxygen atoms in total. The number of nitrogens with zero attached hydrogens (tertiary/aromatic N) is 2. The molecule has 3 atom stereocenters. The zero-order valence-corrected chi connectivity index (χ0v) is 10.9. The Morgan fingerprint density at radius 3 is 3.11 bits per heavy atom. The lowest BCUT2D eigenvalue weighted by atomic mass is 9.81. The van der Waals surface area contributed by atoms with Gasteiger partial charge in [-0.1, -0.05) is 12.8 Å². The van der Waals surface area contributed by atoms with Gasteiger partial charge in [0.15, 0.2) is 0 Å². The summed E-state index contributed by atoms with van der Waals surface area (Å²) in [5.74, 6) is 0.353. The van der Waals surface area contributed by atoms with E-state index in [0.29, 0.717) is 12.0 Å². The van der Waals surface area contributed by atoms with E-state index in [1.165, 1.54) is 29.0 Å². The highest BCUT2D eigenvalue weighted by molar-refractivity contribution is 7.10. The van der Waals surface area contributed by atoms with Crippen molar-refractivity contribution in [1.82, 2.24) is 9.55 Å². The number of rotatable bonds is 1. The molecule has 0 saturated heterocycles. The maximum Gasteiger partial charge on any atom is 0.0957 e. The molecule has 2 aromatic rings. The third-order valence-electron chi connectivity index (χ3n) is 4.39. The first-order valence-corrected chi connectivity index (χ1v) is 7.52. The van der Waals surface area contributed by atoms with Gasteiger partial charge in [0.2, 0.25) is 0 Å². The highest BCUT2D eigenvalue weighted by atomic mass is 32.1. The van der Waals surface area contributed by atoms with E-state index in [9.17, 15) is 5.11 Å². The summed E-state index contributed by atoms with van der Waals surface area (Å²) < 4.78 is 2.26. The number of aromatic nitrogens is 2. The van der Waals surface area contributed by atoms with E-state index in [2.05, 4.69) is 21.0 Å². The monoisotopic (exact) mass is 260 g/mol. The van der Waals surface area contributed by atoms with Gasteiger partial charge in [-0.15, -0.1) is 11.3 Å². The smallest absolute Gasteiger partial charge is 0.0957 e. The Hall–Kier alpha value is -1.13. The van der Waals surface area contributed by atoms with Crippen molar-refractivity contribution in [1.29, 1.82) is 0 Å². The highest BCUT2D eigenvalue weighted by Gasteiger charge is 2.39. The topological polar surface area (TPSA) is 38.1 Å². The van der Waals surface area contributed by atoms with Gasteiger partial charge in [0.05, 0.1) is 30.4 Å². The molecule has 0 radical (unpaired) electrons. The molecule has 4 rings (SSSR count). The van der Waals surface area contributed by atoms with Crippen LogP contribution in [0.2, 0.25) is 0 Å². The number of imidazole rings is 1. The van der Waals surface area contributed by atoms with Crippen molar-refractivity contribution in [3.05, 3.63) is 28.8 Å². The third-order valence-corrected chi connectivity index (χ3v) is 5.38. The lowest BCUT2D eigenvalue weighted by Gasteiger charge is -2.33. The minimum absolute atomic E-state index is 0.160. The normalized spacial score (nSPS) is 30.2. The zero-order chi connectivity index (χ0) is 12.1. The molecule has 0 amide bonds. The summed E-state index contributed by atoms with van der Waals surface area (Å²) >= 11 is 1.82. The molecule has 0 bridgehead atoms. The quantitative estimate of drug-likeness (QED) is 0.855. The summed E-state index contributed by atoms with van der Waals surface area (Å²) in [5, 5.41) is 12.5. The van der Waals surface area contributed by atoms with Gasteiger partial charge in [0.25, 0.3) is 0 Å². The predicted molar refractivity (Wildman–Crippen MR) is 71.6 cm³/mol. The van der Waals surface area contributed by atoms with Crippen molar-refractivity contribution >= 4 is 11.3 Å². The lowest BCUT2D eigenvalue weighted by molar-refractivity contribution is 0.0510. The third kappa shape index (κ3) is 1.36. The molecule has 2 unspecified atom stereocenters. The van der Waals surface area contributed by atoms with Crippen molar-refractivity contribution in [3.63, 3.8) is 0 Å². The number of thiophene rings is 1. The van der Waals surface area contributed by atoms with Crippen molar-refractivity contribution in [2.75, 3.05) is 0 Å². The maximum absolute atomic E-state index is 10.3. The van der Waals surface area contributed by atoms with E-state index in [1.807, 2.05) is 23.9 Å². The average Bonchev–Trinajstić information content (AvgIpc) is 3.02. The number of aliphatic hydroxyl groups is 1. The van der Waals surface area contributed by atoms with E-state index in [-0.39, 0.29) is 6.10 Å². The number of fused-ring (bicyclic) bond motifs is 3. The molecule has 0 aromatic carbocycles. The first-order chi connectivity index (χ1) is 8.86. The highest BCUT2D eigenvalue weighted by Crippen LogP contribution is 2.49. The van der Waals surface area contributed by atoms with Crippen molar-refractivity contribution in [3.8, 4) is 11.3 Å². The van der Waals surface area contributed by atoms with E-state index < -0.39 is 0 Å². The SMILES string of the molecule is O[C@H]1CCCCC1C1c2sccc2-c2cncn21. The van der Waals surface area contributed by atoms with E-state index in [4.69, 9.17) is 0 Å². The molecular weight excluding hydrogens is 244 g/mol. The first kappa shape index (κ1) is 10.8. The summed E-state index contributed by atoms with van der Waals surface area (Å²) in [5.41, 5.74) is 2.54. The van der Waals surface area contributed by atoms with E-state index >= 15 is 0 Å². The van der Waals surface area contributed by atoms with Crippen molar-refractivity contribution in [2.45, 2.75) is 37.8 Å². The van der Waals surface area contributed by atoms with Crippen LogP contribution in [0.25, 0.3) is 11.3 Å². The van der Waals surface area contributed by atoms with E-state index in [1.54, 1.807) is 0 Å². The fourth-order valence-electron chi connectivity index (χ4n) is 3.53. The Labute approximate surface area is 110 Å². The Morgan fingerprint density at radius 2 is 2.22 bits per heavy atom. The molecule has 94 valence electrons. The molecule has 2 aromatic heterocycles. The van der Waals surface area contributed by atoms with Crippen LogP contribution in [0.5, 0.6) is 0 Å². The van der Waals surface area contributed by atoms with Gasteiger partial charge in [-0.3, -0.25) is 0 Å². The van der Waals surface area contributed by atoms with Gasteiger partial charge in [-0.05, 0) is 24.3 Å². The Balaban J connectivity index is 1.82. The Bertz CT molecular complexity index is 534. The van der Waals surface area contributed by atoms with Gasteiger partial charge in [-0.2, -0.15) is 0 Å². The van der Waals surface area contributed by atoms with E-state index in [0.717, 1.165) is 12.8 Å². The van der Waals surface area contributed by atoms with Crippen LogP contribution in [0.1, 0.15) is 36.6 Å². The standard InChI is InChI=1S/C14H16N2OS/c17-12-4-2-1-3-10(12)13-14-9(5-6-18-14)11-7-15-8-16(11)13/h5-8,10,12-13,17H,1-4H2/t10?,12-,13?/m0/s1. The van der Waals surface area contributed by atoms with Crippen LogP contribution in [-0.2, 0) is 0 Å². The largest absolute Gasteiger partial charge is 0.393 e. The molecule has 4 heteroatoms. The maximum atomic E-state index is 10.3. The van der Waals surface area contributed by atoms with Gasteiger partial charge in [0, 0.05) is 16.4 Å². The predicted octanol–water partition coefficient (Wildman–Crippen LogP) is 3.07. The van der Waals surface area contributed by atoms with Crippen LogP contribution in [0.15, 0.2) is 24.0 Å². The molecule has 2 aliphatic rings. The van der Waals surface area contributed by atoms with Crippen LogP contribution in [0.3, 0.4) is 0 Å². The second-order valence-corrected chi connectivity index (χ2v) is 6.29. The van der Waals surface area contributed by atoms with Crippen molar-refractivity contribution in [2.24, 2.45) is 5.92 Å². The molecule has 18 heavy (non-hydrogen) atoms. The molecule has 1 aliphatic carbocycles. The van der Waals surface area contributed by atoms with Crippen LogP contribution >= 0.6 is 11.3 Å². The lowest BCUT2D eigenvalue weighted by Crippen LogP contribution is -2.31. The number of aliphatic hydroxyl groups excluding tert-OH is 1. The van der Waals surface area contributed by atoms with Crippen LogP contribution in [-0.4, -0.2) is 20.8 Å². The summed E-state index contributed by atoms with van der Waals surface area (Å²) in [4.78, 5) is 5.69. The first-order valence-electron chi connectivity index (χ1n) is 6.64. The number of hydrogen-bond donors (Lipinski definition) is 1. The average molecular weight is 260 g/mol. The molecule has 3 heterocycles. The zero-order valence-electron chi connectivity index (χ0n) is 10.1. The minimum atomic E-state index is -0.160. The van der Waals surface area contributed by atoms with Gasteiger partial charge >= 0.3 is 0 Å². The summed E-state index contributed by atoms with van der Waals surface area (Å²) in [6.07, 6.45) is 8.19. The molecule has 1 aliphatic heterocycles. The van der Waals surface area contributed by atoms with Crippen LogP contribution in [0.4, 0.5) is 0 Å². The molecule has 1 N–H and O–H groups in total. The van der Waals surface area contributed by atoms with Gasteiger partial charge in [0.1, 0.15) is 0 Å². The Morgan fingerprint density at radius 1 is 1.33 bits per heavy atom. The fraction of sp³-hybridized carbons (Fsp3) is 0.500. The fourth-order valence-corrected chi connectivity index (χ4v) is 4.61. The summed E-state index contributed by atoms with van der Waals surface area (Å²) in [6, 6.07) is 2.50. The summed E-state index contributed by atoms with van der Waals surface area (Å²) in [7, 11) is 0. The molecular formula is C14H16N2OS.